The van der Waals surface area contributed by atoms with Crippen LogP contribution in [-0.2, 0) is 9.59 Å². The summed E-state index contributed by atoms with van der Waals surface area (Å²) in [4.78, 5) is 37.5. The van der Waals surface area contributed by atoms with Gasteiger partial charge in [-0.1, -0.05) is 60.3 Å². The number of methoxy groups -OCH3 is 1. The Kier molecular flexibility index (Phi) is 7.40. The van der Waals surface area contributed by atoms with Gasteiger partial charge in [0.15, 0.2) is 5.17 Å². The molecular weight excluding hydrogens is 482 g/mol. The third-order valence-electron chi connectivity index (χ3n) is 5.34. The first-order valence-corrected chi connectivity index (χ1v) is 11.6. The molecule has 1 heterocycles. The van der Waals surface area contributed by atoms with E-state index in [1.165, 1.54) is 31.5 Å². The molecule has 2 N–H and O–H groups in total. The molecule has 182 valence electrons. The van der Waals surface area contributed by atoms with Crippen LogP contribution in [0.3, 0.4) is 0 Å². The Morgan fingerprint density at radius 1 is 1.11 bits per heavy atom. The molecule has 0 aromatic heterocycles. The van der Waals surface area contributed by atoms with Crippen LogP contribution in [-0.4, -0.2) is 40.5 Å². The fraction of sp³-hybridized carbons (Fsp3) is 0.120. The predicted molar refractivity (Wildman–Crippen MR) is 139 cm³/mol. The number of thioether (sulfide) groups is 1. The van der Waals surface area contributed by atoms with Crippen LogP contribution in [0.15, 0.2) is 83.0 Å². The number of hydrogen-bond acceptors (Lipinski definition) is 8. The van der Waals surface area contributed by atoms with E-state index in [4.69, 9.17) is 10.5 Å². The second-order valence-electron chi connectivity index (χ2n) is 7.67. The van der Waals surface area contributed by atoms with Crippen LogP contribution in [0.25, 0.3) is 11.1 Å². The Labute approximate surface area is 210 Å². The molecule has 0 bridgehead atoms. The maximum Gasteiger partial charge on any atom is 0.270 e. The lowest BCUT2D eigenvalue weighted by Gasteiger charge is -2.19. The van der Waals surface area contributed by atoms with Crippen LogP contribution in [0.2, 0.25) is 0 Å². The van der Waals surface area contributed by atoms with Crippen LogP contribution < -0.4 is 15.4 Å². The summed E-state index contributed by atoms with van der Waals surface area (Å²) in [5.74, 6) is -0.423. The highest BCUT2D eigenvalue weighted by Crippen LogP contribution is 2.38. The number of imide groups is 1. The number of rotatable bonds is 7. The number of nitro benzene ring substituents is 1. The Hall–Kier alpha value is -4.51. The number of nitro groups is 1. The summed E-state index contributed by atoms with van der Waals surface area (Å²) < 4.78 is 5.42. The predicted octanol–water partition coefficient (Wildman–Crippen LogP) is 3.98. The van der Waals surface area contributed by atoms with Crippen molar-refractivity contribution in [2.75, 3.05) is 12.0 Å². The van der Waals surface area contributed by atoms with E-state index in [1.54, 1.807) is 18.2 Å². The van der Waals surface area contributed by atoms with Gasteiger partial charge in [-0.05, 0) is 23.3 Å². The molecule has 1 fully saturated rings. The molecule has 2 amide bonds. The lowest BCUT2D eigenvalue weighted by molar-refractivity contribution is -0.384. The van der Waals surface area contributed by atoms with Gasteiger partial charge in [0.05, 0.1) is 23.9 Å². The van der Waals surface area contributed by atoms with Gasteiger partial charge in [0.1, 0.15) is 11.0 Å². The van der Waals surface area contributed by atoms with E-state index >= 15 is 0 Å². The van der Waals surface area contributed by atoms with Crippen molar-refractivity contribution in [3.8, 4) is 16.9 Å². The normalized spacial score (nSPS) is 16.1. The smallest absolute Gasteiger partial charge is 0.270 e. The highest BCUT2D eigenvalue weighted by atomic mass is 32.2. The van der Waals surface area contributed by atoms with Crippen molar-refractivity contribution in [1.82, 2.24) is 0 Å². The van der Waals surface area contributed by atoms with Crippen LogP contribution in [0, 0.1) is 10.1 Å². The molecule has 0 spiro atoms. The molecule has 36 heavy (non-hydrogen) atoms. The van der Waals surface area contributed by atoms with Gasteiger partial charge in [0.25, 0.3) is 5.69 Å². The first-order valence-electron chi connectivity index (χ1n) is 10.7. The molecule has 1 saturated heterocycles. The van der Waals surface area contributed by atoms with Crippen molar-refractivity contribution in [2.45, 2.75) is 11.7 Å². The standard InChI is InChI=1S/C25H21N5O5S/c1-35-21-11-10-18(17-7-3-2-4-8-17)13-20(21)29-23(31)14-22(24(29)32)36-25(26)28-27-15-16-6-5-9-19(12-16)30(33)34/h2-13,15,22H,14H2,1H3,(H2,26,28). The molecule has 1 aliphatic heterocycles. The van der Waals surface area contributed by atoms with E-state index in [2.05, 4.69) is 10.2 Å². The van der Waals surface area contributed by atoms with Crippen LogP contribution in [0.5, 0.6) is 5.75 Å². The molecule has 0 radical (unpaired) electrons. The van der Waals surface area contributed by atoms with Crippen LogP contribution in [0.1, 0.15) is 12.0 Å². The molecule has 0 aliphatic carbocycles. The molecular formula is C25H21N5O5S. The number of carbonyl (C=O) groups excluding carboxylic acids is 2. The molecule has 1 atom stereocenters. The summed E-state index contributed by atoms with van der Waals surface area (Å²) in [7, 11) is 1.47. The maximum atomic E-state index is 13.2. The average molecular weight is 504 g/mol. The number of non-ortho nitro benzene ring substituents is 1. The zero-order valence-corrected chi connectivity index (χ0v) is 19.9. The molecule has 10 nitrogen and oxygen atoms in total. The second kappa shape index (κ2) is 10.8. The van der Waals surface area contributed by atoms with Crippen molar-refractivity contribution in [1.29, 1.82) is 0 Å². The molecule has 1 unspecified atom stereocenters. The minimum Gasteiger partial charge on any atom is -0.495 e. The summed E-state index contributed by atoms with van der Waals surface area (Å²) in [5, 5.41) is 17.8. The summed E-state index contributed by atoms with van der Waals surface area (Å²) in [6.45, 7) is 0. The fourth-order valence-corrected chi connectivity index (χ4v) is 4.48. The highest BCUT2D eigenvalue weighted by Gasteiger charge is 2.41. The Balaban J connectivity index is 1.51. The van der Waals surface area contributed by atoms with Gasteiger partial charge >= 0.3 is 0 Å². The van der Waals surface area contributed by atoms with Gasteiger partial charge in [-0.15, -0.1) is 5.10 Å². The summed E-state index contributed by atoms with van der Waals surface area (Å²) in [5.41, 5.74) is 8.44. The summed E-state index contributed by atoms with van der Waals surface area (Å²) in [6, 6.07) is 20.8. The molecule has 3 aromatic rings. The van der Waals surface area contributed by atoms with E-state index in [1.807, 2.05) is 36.4 Å². The Morgan fingerprint density at radius 3 is 2.61 bits per heavy atom. The van der Waals surface area contributed by atoms with Gasteiger partial charge in [0, 0.05) is 24.1 Å². The number of benzene rings is 3. The quantitative estimate of drug-likeness (QED) is 0.169. The Bertz CT molecular complexity index is 1380. The number of ether oxygens (including phenoxy) is 1. The van der Waals surface area contributed by atoms with E-state index < -0.39 is 16.1 Å². The average Bonchev–Trinajstić information content (AvgIpc) is 3.16. The van der Waals surface area contributed by atoms with E-state index in [0.29, 0.717) is 17.0 Å². The zero-order valence-electron chi connectivity index (χ0n) is 19.1. The van der Waals surface area contributed by atoms with Crippen LogP contribution in [0.4, 0.5) is 11.4 Å². The first kappa shape index (κ1) is 24.6. The number of nitrogens with zero attached hydrogens (tertiary/aromatic N) is 4. The maximum absolute atomic E-state index is 13.2. The van der Waals surface area contributed by atoms with E-state index in [0.717, 1.165) is 27.8 Å². The third-order valence-corrected chi connectivity index (χ3v) is 6.32. The largest absolute Gasteiger partial charge is 0.495 e. The number of carbonyl (C=O) groups is 2. The van der Waals surface area contributed by atoms with Crippen molar-refractivity contribution < 1.29 is 19.2 Å². The van der Waals surface area contributed by atoms with Gasteiger partial charge in [-0.25, -0.2) is 4.90 Å². The Morgan fingerprint density at radius 2 is 1.89 bits per heavy atom. The molecule has 4 rings (SSSR count). The van der Waals surface area contributed by atoms with Crippen molar-refractivity contribution in [3.05, 3.63) is 88.5 Å². The SMILES string of the molecule is COc1ccc(-c2ccccc2)cc1N1C(=O)CC(S/C(N)=N/N=Cc2cccc([N+](=O)[O-])c2)C1=O. The number of amidine groups is 1. The van der Waals surface area contributed by atoms with Gasteiger partial charge < -0.3 is 10.5 Å². The zero-order chi connectivity index (χ0) is 25.7. The second-order valence-corrected chi connectivity index (χ2v) is 8.89. The van der Waals surface area contributed by atoms with Gasteiger partial charge in [0.2, 0.25) is 11.8 Å². The molecule has 1 aliphatic rings. The fourth-order valence-electron chi connectivity index (χ4n) is 3.66. The highest BCUT2D eigenvalue weighted by molar-refractivity contribution is 8.14. The minimum atomic E-state index is -0.778. The number of amides is 2. The van der Waals surface area contributed by atoms with Gasteiger partial charge in [-0.2, -0.15) is 5.10 Å². The first-order chi connectivity index (χ1) is 17.4. The number of anilines is 1. The van der Waals surface area contributed by atoms with Crippen LogP contribution >= 0.6 is 11.8 Å². The number of hydrogen-bond donors (Lipinski definition) is 1. The van der Waals surface area contributed by atoms with Crippen molar-refractivity contribution >= 4 is 46.3 Å². The monoisotopic (exact) mass is 503 g/mol. The summed E-state index contributed by atoms with van der Waals surface area (Å²) >= 11 is 0.928. The van der Waals surface area contributed by atoms with E-state index in [-0.39, 0.29) is 23.2 Å². The molecule has 3 aromatic carbocycles. The lowest BCUT2D eigenvalue weighted by Crippen LogP contribution is -2.32. The molecule has 0 saturated carbocycles. The minimum absolute atomic E-state index is 0.0188. The lowest BCUT2D eigenvalue weighted by atomic mass is 10.0. The topological polar surface area (TPSA) is 140 Å². The molecule has 11 heteroatoms. The van der Waals surface area contributed by atoms with Gasteiger partial charge in [-0.3, -0.25) is 19.7 Å². The van der Waals surface area contributed by atoms with Crippen molar-refractivity contribution in [2.24, 2.45) is 15.9 Å². The van der Waals surface area contributed by atoms with E-state index in [9.17, 15) is 19.7 Å². The van der Waals surface area contributed by atoms with Crippen molar-refractivity contribution in [3.63, 3.8) is 0 Å². The summed E-state index contributed by atoms with van der Waals surface area (Å²) in [6.07, 6.45) is 1.25. The number of nitrogens with two attached hydrogens (primary N) is 1. The third kappa shape index (κ3) is 5.41.